The lowest BCUT2D eigenvalue weighted by atomic mass is 9.91. The van der Waals surface area contributed by atoms with Crippen molar-refractivity contribution in [1.29, 1.82) is 0 Å². The molecule has 1 aromatic heterocycles. The van der Waals surface area contributed by atoms with Gasteiger partial charge in [0.2, 0.25) is 5.91 Å². The van der Waals surface area contributed by atoms with Gasteiger partial charge in [0.1, 0.15) is 6.17 Å². The lowest BCUT2D eigenvalue weighted by Gasteiger charge is -2.25. The molecule has 2 aromatic rings. The summed E-state index contributed by atoms with van der Waals surface area (Å²) in [5, 5.41) is 0. The van der Waals surface area contributed by atoms with Gasteiger partial charge in [0.15, 0.2) is 0 Å². The summed E-state index contributed by atoms with van der Waals surface area (Å²) in [7, 11) is 0. The molecule has 3 atom stereocenters. The molecule has 5 heteroatoms. The fourth-order valence-corrected chi connectivity index (χ4v) is 3.06. The highest BCUT2D eigenvalue weighted by Crippen LogP contribution is 2.25. The Bertz CT molecular complexity index is 690. The Balaban J connectivity index is 1.70. The summed E-state index contributed by atoms with van der Waals surface area (Å²) in [6.45, 7) is 2.56. The average molecular weight is 327 g/mol. The van der Waals surface area contributed by atoms with E-state index in [-0.39, 0.29) is 18.4 Å². The minimum Gasteiger partial charge on any atom is -0.338 e. The Labute approximate surface area is 141 Å². The molecular weight excluding hydrogens is 305 g/mol. The molecule has 1 amide bonds. The van der Waals surface area contributed by atoms with Crippen LogP contribution in [-0.2, 0) is 4.79 Å². The summed E-state index contributed by atoms with van der Waals surface area (Å²) < 4.78 is 13.3. The van der Waals surface area contributed by atoms with Crippen molar-refractivity contribution in [2.75, 3.05) is 13.1 Å². The number of aromatic nitrogens is 1. The maximum absolute atomic E-state index is 13.3. The van der Waals surface area contributed by atoms with Gasteiger partial charge >= 0.3 is 0 Å². The van der Waals surface area contributed by atoms with Crippen molar-refractivity contribution in [3.8, 4) is 11.1 Å². The molecule has 1 saturated heterocycles. The van der Waals surface area contributed by atoms with E-state index >= 15 is 0 Å². The first-order valence-electron chi connectivity index (χ1n) is 8.25. The van der Waals surface area contributed by atoms with Crippen molar-refractivity contribution in [3.63, 3.8) is 0 Å². The molecule has 4 nitrogen and oxygen atoms in total. The second kappa shape index (κ2) is 7.09. The number of alkyl halides is 1. The van der Waals surface area contributed by atoms with Crippen LogP contribution in [0.2, 0.25) is 0 Å². The zero-order valence-corrected chi connectivity index (χ0v) is 13.7. The van der Waals surface area contributed by atoms with Gasteiger partial charge in [-0.15, -0.1) is 0 Å². The summed E-state index contributed by atoms with van der Waals surface area (Å²) in [4.78, 5) is 18.1. The molecule has 0 spiro atoms. The minimum atomic E-state index is -0.921. The topological polar surface area (TPSA) is 59.2 Å². The van der Waals surface area contributed by atoms with E-state index in [2.05, 4.69) is 4.98 Å². The van der Waals surface area contributed by atoms with E-state index in [1.54, 1.807) is 6.20 Å². The molecular formula is C19H22FN3O. The van der Waals surface area contributed by atoms with E-state index in [0.29, 0.717) is 13.0 Å². The predicted octanol–water partition coefficient (Wildman–Crippen LogP) is 2.75. The number of pyridine rings is 1. The molecule has 0 aliphatic carbocycles. The van der Waals surface area contributed by atoms with Crippen molar-refractivity contribution in [2.24, 2.45) is 5.73 Å². The molecule has 0 unspecified atom stereocenters. The second-order valence-electron chi connectivity index (χ2n) is 6.35. The van der Waals surface area contributed by atoms with E-state index in [9.17, 15) is 9.18 Å². The van der Waals surface area contributed by atoms with Crippen molar-refractivity contribution in [2.45, 2.75) is 31.5 Å². The minimum absolute atomic E-state index is 0.126. The van der Waals surface area contributed by atoms with E-state index in [1.165, 1.54) is 4.90 Å². The number of rotatable bonds is 4. The number of carbonyl (C=O) groups excluding carboxylic acids is 1. The maximum Gasteiger partial charge on any atom is 0.240 e. The molecule has 1 aliphatic rings. The molecule has 1 aliphatic heterocycles. The van der Waals surface area contributed by atoms with E-state index in [0.717, 1.165) is 16.7 Å². The van der Waals surface area contributed by atoms with Gasteiger partial charge in [-0.3, -0.25) is 9.78 Å². The van der Waals surface area contributed by atoms with Crippen LogP contribution < -0.4 is 5.73 Å². The number of benzene rings is 1. The molecule has 2 N–H and O–H groups in total. The van der Waals surface area contributed by atoms with E-state index in [4.69, 9.17) is 5.73 Å². The van der Waals surface area contributed by atoms with Crippen LogP contribution in [0.15, 0.2) is 48.8 Å². The predicted molar refractivity (Wildman–Crippen MR) is 92.2 cm³/mol. The number of hydrogen-bond donors (Lipinski definition) is 1. The number of likely N-dealkylation sites (tertiary alicyclic amines) is 1. The first kappa shape index (κ1) is 16.6. The SMILES string of the molecule is C[C@@H](c1ccc(-c2cccnc2)cc1)[C@H](N)C(=O)N1CC[C@H](F)C1. The molecule has 1 fully saturated rings. The van der Waals surface area contributed by atoms with Crippen LogP contribution in [0.4, 0.5) is 4.39 Å². The van der Waals surface area contributed by atoms with Gasteiger partial charge in [-0.05, 0) is 29.2 Å². The lowest BCUT2D eigenvalue weighted by Crippen LogP contribution is -2.45. The first-order chi connectivity index (χ1) is 11.6. The molecule has 1 aromatic carbocycles. The Morgan fingerprint density at radius 1 is 1.29 bits per heavy atom. The number of amides is 1. The molecule has 24 heavy (non-hydrogen) atoms. The van der Waals surface area contributed by atoms with Gasteiger partial charge in [-0.25, -0.2) is 4.39 Å². The highest BCUT2D eigenvalue weighted by Gasteiger charge is 2.31. The monoisotopic (exact) mass is 327 g/mol. The third-order valence-corrected chi connectivity index (χ3v) is 4.70. The smallest absolute Gasteiger partial charge is 0.240 e. The van der Waals surface area contributed by atoms with Crippen molar-refractivity contribution >= 4 is 5.91 Å². The van der Waals surface area contributed by atoms with Crippen molar-refractivity contribution < 1.29 is 9.18 Å². The van der Waals surface area contributed by atoms with Gasteiger partial charge in [0, 0.05) is 24.9 Å². The third-order valence-electron chi connectivity index (χ3n) is 4.70. The third kappa shape index (κ3) is 3.46. The highest BCUT2D eigenvalue weighted by molar-refractivity contribution is 5.83. The fourth-order valence-electron chi connectivity index (χ4n) is 3.06. The molecule has 126 valence electrons. The molecule has 0 saturated carbocycles. The molecule has 3 rings (SSSR count). The number of nitrogens with zero attached hydrogens (tertiary/aromatic N) is 2. The quantitative estimate of drug-likeness (QED) is 0.939. The first-order valence-corrected chi connectivity index (χ1v) is 8.25. The van der Waals surface area contributed by atoms with Crippen LogP contribution in [-0.4, -0.2) is 41.1 Å². The van der Waals surface area contributed by atoms with Crippen LogP contribution in [0.25, 0.3) is 11.1 Å². The van der Waals surface area contributed by atoms with Gasteiger partial charge in [-0.2, -0.15) is 0 Å². The van der Waals surface area contributed by atoms with E-state index < -0.39 is 12.2 Å². The van der Waals surface area contributed by atoms with Crippen LogP contribution in [0.3, 0.4) is 0 Å². The summed E-state index contributed by atoms with van der Waals surface area (Å²) in [6, 6.07) is 11.2. The second-order valence-corrected chi connectivity index (χ2v) is 6.35. The largest absolute Gasteiger partial charge is 0.338 e. The Morgan fingerprint density at radius 2 is 2.04 bits per heavy atom. The van der Waals surface area contributed by atoms with E-state index in [1.807, 2.05) is 49.5 Å². The van der Waals surface area contributed by atoms with Gasteiger partial charge in [0.25, 0.3) is 0 Å². The number of halogens is 1. The van der Waals surface area contributed by atoms with Crippen LogP contribution in [0.5, 0.6) is 0 Å². The summed E-state index contributed by atoms with van der Waals surface area (Å²) >= 11 is 0. The molecule has 0 bridgehead atoms. The standard InChI is InChI=1S/C19H22FN3O/c1-13(18(21)19(24)23-10-8-17(20)12-23)14-4-6-15(7-5-14)16-3-2-9-22-11-16/h2-7,9,11,13,17-18H,8,10,12,21H2,1H3/t13-,17-,18-/m0/s1. The summed E-state index contributed by atoms with van der Waals surface area (Å²) in [6.07, 6.45) is 3.04. The number of carbonyl (C=O) groups is 1. The fraction of sp³-hybridized carbons (Fsp3) is 0.368. The Hall–Kier alpha value is -2.27. The number of nitrogens with two attached hydrogens (primary N) is 1. The average Bonchev–Trinajstić information content (AvgIpc) is 3.07. The normalized spacial score (nSPS) is 20.0. The van der Waals surface area contributed by atoms with Crippen LogP contribution in [0.1, 0.15) is 24.8 Å². The summed E-state index contributed by atoms with van der Waals surface area (Å²) in [5.41, 5.74) is 9.26. The van der Waals surface area contributed by atoms with Gasteiger partial charge < -0.3 is 10.6 Å². The Morgan fingerprint density at radius 3 is 2.62 bits per heavy atom. The zero-order chi connectivity index (χ0) is 17.1. The van der Waals surface area contributed by atoms with Crippen LogP contribution in [0, 0.1) is 0 Å². The highest BCUT2D eigenvalue weighted by atomic mass is 19.1. The molecule has 0 radical (unpaired) electrons. The zero-order valence-electron chi connectivity index (χ0n) is 13.7. The van der Waals surface area contributed by atoms with Gasteiger partial charge in [-0.1, -0.05) is 37.3 Å². The molecule has 2 heterocycles. The Kier molecular flexibility index (Phi) is 4.90. The maximum atomic E-state index is 13.3. The lowest BCUT2D eigenvalue weighted by molar-refractivity contribution is -0.132. The van der Waals surface area contributed by atoms with Gasteiger partial charge in [0.05, 0.1) is 12.6 Å². The van der Waals surface area contributed by atoms with Crippen molar-refractivity contribution in [1.82, 2.24) is 9.88 Å². The van der Waals surface area contributed by atoms with Crippen LogP contribution >= 0.6 is 0 Å². The van der Waals surface area contributed by atoms with Crippen molar-refractivity contribution in [3.05, 3.63) is 54.4 Å². The summed E-state index contributed by atoms with van der Waals surface area (Å²) in [5.74, 6) is -0.293. The number of hydrogen-bond acceptors (Lipinski definition) is 3.